The van der Waals surface area contributed by atoms with E-state index in [1.54, 1.807) is 12.4 Å². The zero-order chi connectivity index (χ0) is 14.5. The van der Waals surface area contributed by atoms with Crippen LogP contribution in [0.3, 0.4) is 0 Å². The number of benzene rings is 1. The Morgan fingerprint density at radius 3 is 2.95 bits per heavy atom. The van der Waals surface area contributed by atoms with Gasteiger partial charge in [-0.3, -0.25) is 9.78 Å². The second-order valence-corrected chi connectivity index (χ2v) is 4.83. The van der Waals surface area contributed by atoms with Crippen LogP contribution in [0.15, 0.2) is 42.7 Å². The fourth-order valence-corrected chi connectivity index (χ4v) is 2.15. The first-order valence-electron chi connectivity index (χ1n) is 6.85. The zero-order valence-corrected chi connectivity index (χ0v) is 11.5. The molecular weight excluding hydrogens is 268 g/mol. The summed E-state index contributed by atoms with van der Waals surface area (Å²) in [7, 11) is 0. The largest absolute Gasteiger partial charge is 0.454 e. The van der Waals surface area contributed by atoms with E-state index < -0.39 is 0 Å². The number of carbonyl (C=O) groups is 1. The number of amides is 1. The molecule has 0 unspecified atom stereocenters. The van der Waals surface area contributed by atoms with Gasteiger partial charge in [0.2, 0.25) is 12.7 Å². The van der Waals surface area contributed by atoms with E-state index in [9.17, 15) is 4.79 Å². The molecule has 0 saturated heterocycles. The van der Waals surface area contributed by atoms with Crippen molar-refractivity contribution in [1.29, 1.82) is 0 Å². The van der Waals surface area contributed by atoms with Crippen molar-refractivity contribution in [3.63, 3.8) is 0 Å². The van der Waals surface area contributed by atoms with Crippen LogP contribution < -0.4 is 14.8 Å². The van der Waals surface area contributed by atoms with E-state index in [0.717, 1.165) is 22.6 Å². The Hall–Kier alpha value is -2.56. The van der Waals surface area contributed by atoms with Gasteiger partial charge in [-0.25, -0.2) is 0 Å². The summed E-state index contributed by atoms with van der Waals surface area (Å²) < 4.78 is 10.6. The normalized spacial score (nSPS) is 12.2. The Morgan fingerprint density at radius 1 is 1.19 bits per heavy atom. The van der Waals surface area contributed by atoms with Crippen molar-refractivity contribution in [3.8, 4) is 11.5 Å². The number of pyridine rings is 1. The Kier molecular flexibility index (Phi) is 4.00. The molecule has 1 N–H and O–H groups in total. The summed E-state index contributed by atoms with van der Waals surface area (Å²) in [6, 6.07) is 9.56. The molecule has 0 spiro atoms. The highest BCUT2D eigenvalue weighted by atomic mass is 16.7. The zero-order valence-electron chi connectivity index (χ0n) is 11.5. The molecule has 1 amide bonds. The van der Waals surface area contributed by atoms with E-state index in [-0.39, 0.29) is 12.7 Å². The topological polar surface area (TPSA) is 60.5 Å². The number of nitrogens with zero attached hydrogens (tertiary/aromatic N) is 1. The Bertz CT molecular complexity index is 629. The van der Waals surface area contributed by atoms with Crippen molar-refractivity contribution in [2.24, 2.45) is 0 Å². The molecule has 0 radical (unpaired) electrons. The molecule has 3 rings (SSSR count). The Morgan fingerprint density at radius 2 is 2.10 bits per heavy atom. The highest BCUT2D eigenvalue weighted by molar-refractivity contribution is 5.76. The average molecular weight is 284 g/mol. The lowest BCUT2D eigenvalue weighted by atomic mass is 10.1. The molecule has 0 bridgehead atoms. The van der Waals surface area contributed by atoms with Crippen LogP contribution in [-0.4, -0.2) is 17.7 Å². The number of carbonyl (C=O) groups excluding carboxylic acids is 1. The van der Waals surface area contributed by atoms with Crippen molar-refractivity contribution in [1.82, 2.24) is 10.3 Å². The smallest absolute Gasteiger partial charge is 0.231 e. The minimum Gasteiger partial charge on any atom is -0.454 e. The van der Waals surface area contributed by atoms with Gasteiger partial charge in [0.15, 0.2) is 11.5 Å². The highest BCUT2D eigenvalue weighted by Crippen LogP contribution is 2.32. The first kappa shape index (κ1) is 13.4. The molecule has 21 heavy (non-hydrogen) atoms. The fourth-order valence-electron chi connectivity index (χ4n) is 2.15. The summed E-state index contributed by atoms with van der Waals surface area (Å²) in [4.78, 5) is 15.8. The van der Waals surface area contributed by atoms with Crippen molar-refractivity contribution in [2.75, 3.05) is 6.79 Å². The maximum Gasteiger partial charge on any atom is 0.231 e. The number of hydrogen-bond acceptors (Lipinski definition) is 4. The van der Waals surface area contributed by atoms with Crippen LogP contribution in [0.25, 0.3) is 0 Å². The first-order chi connectivity index (χ1) is 10.3. The van der Waals surface area contributed by atoms with Crippen LogP contribution in [0.4, 0.5) is 0 Å². The molecule has 108 valence electrons. The van der Waals surface area contributed by atoms with Gasteiger partial charge >= 0.3 is 0 Å². The lowest BCUT2D eigenvalue weighted by Gasteiger charge is -2.06. The lowest BCUT2D eigenvalue weighted by molar-refractivity contribution is -0.121. The number of aromatic nitrogens is 1. The third kappa shape index (κ3) is 3.51. The Balaban J connectivity index is 1.47. The molecule has 0 atom stereocenters. The maximum absolute atomic E-state index is 11.8. The fraction of sp³-hybridized carbons (Fsp3) is 0.250. The molecule has 0 fully saturated rings. The quantitative estimate of drug-likeness (QED) is 0.913. The second kappa shape index (κ2) is 6.26. The lowest BCUT2D eigenvalue weighted by Crippen LogP contribution is -2.23. The molecule has 2 heterocycles. The third-order valence-electron chi connectivity index (χ3n) is 3.29. The second-order valence-electron chi connectivity index (χ2n) is 4.83. The molecule has 0 saturated carbocycles. The van der Waals surface area contributed by atoms with Gasteiger partial charge in [0, 0.05) is 25.4 Å². The van der Waals surface area contributed by atoms with E-state index >= 15 is 0 Å². The molecule has 1 aliphatic heterocycles. The van der Waals surface area contributed by atoms with Crippen molar-refractivity contribution >= 4 is 5.91 Å². The van der Waals surface area contributed by atoms with Gasteiger partial charge in [0.25, 0.3) is 0 Å². The maximum atomic E-state index is 11.8. The van der Waals surface area contributed by atoms with Gasteiger partial charge in [0.1, 0.15) is 0 Å². The average Bonchev–Trinajstić information content (AvgIpc) is 2.99. The van der Waals surface area contributed by atoms with Crippen molar-refractivity contribution in [3.05, 3.63) is 53.9 Å². The molecule has 1 aromatic heterocycles. The Labute approximate surface area is 122 Å². The molecule has 5 heteroatoms. The summed E-state index contributed by atoms with van der Waals surface area (Å²) in [5.41, 5.74) is 2.06. The molecule has 2 aromatic rings. The van der Waals surface area contributed by atoms with Gasteiger partial charge in [-0.1, -0.05) is 12.1 Å². The third-order valence-corrected chi connectivity index (χ3v) is 3.29. The number of rotatable bonds is 5. The van der Waals surface area contributed by atoms with Gasteiger partial charge in [-0.05, 0) is 35.7 Å². The van der Waals surface area contributed by atoms with Crippen LogP contribution in [0.5, 0.6) is 11.5 Å². The summed E-state index contributed by atoms with van der Waals surface area (Å²) >= 11 is 0. The number of fused-ring (bicyclic) bond motifs is 1. The number of aryl methyl sites for hydroxylation is 1. The SMILES string of the molecule is O=C(CCc1ccc2c(c1)OCO2)NCc1cccnc1. The summed E-state index contributed by atoms with van der Waals surface area (Å²) in [6.45, 7) is 0.776. The summed E-state index contributed by atoms with van der Waals surface area (Å²) in [5.74, 6) is 1.54. The van der Waals surface area contributed by atoms with Crippen LogP contribution >= 0.6 is 0 Å². The van der Waals surface area contributed by atoms with E-state index in [0.29, 0.717) is 19.4 Å². The van der Waals surface area contributed by atoms with Crippen LogP contribution in [0.2, 0.25) is 0 Å². The van der Waals surface area contributed by atoms with E-state index in [4.69, 9.17) is 9.47 Å². The standard InChI is InChI=1S/C16H16N2O3/c19-16(18-10-13-2-1-7-17-9-13)6-4-12-3-5-14-15(8-12)21-11-20-14/h1-3,5,7-9H,4,6,10-11H2,(H,18,19). The molecule has 1 aliphatic rings. The monoisotopic (exact) mass is 284 g/mol. The van der Waals surface area contributed by atoms with Gasteiger partial charge in [-0.2, -0.15) is 0 Å². The minimum absolute atomic E-state index is 0.0246. The molecular formula is C16H16N2O3. The van der Waals surface area contributed by atoms with Crippen LogP contribution in [0.1, 0.15) is 17.5 Å². The predicted octanol–water partition coefficient (Wildman–Crippen LogP) is 2.06. The van der Waals surface area contributed by atoms with E-state index in [1.165, 1.54) is 0 Å². The molecule has 5 nitrogen and oxygen atoms in total. The van der Waals surface area contributed by atoms with Gasteiger partial charge in [0.05, 0.1) is 0 Å². The number of nitrogens with one attached hydrogen (secondary N) is 1. The summed E-state index contributed by atoms with van der Waals surface area (Å²) in [5, 5.41) is 2.89. The van der Waals surface area contributed by atoms with Crippen LogP contribution in [0, 0.1) is 0 Å². The number of hydrogen-bond donors (Lipinski definition) is 1. The van der Waals surface area contributed by atoms with Crippen molar-refractivity contribution < 1.29 is 14.3 Å². The minimum atomic E-state index is 0.0246. The van der Waals surface area contributed by atoms with Crippen molar-refractivity contribution in [2.45, 2.75) is 19.4 Å². The van der Waals surface area contributed by atoms with E-state index in [2.05, 4.69) is 10.3 Å². The van der Waals surface area contributed by atoms with Crippen LogP contribution in [-0.2, 0) is 17.8 Å². The van der Waals surface area contributed by atoms with Gasteiger partial charge < -0.3 is 14.8 Å². The highest BCUT2D eigenvalue weighted by Gasteiger charge is 2.13. The summed E-state index contributed by atoms with van der Waals surface area (Å²) in [6.07, 6.45) is 4.58. The molecule has 1 aromatic carbocycles. The number of ether oxygens (including phenoxy) is 2. The molecule has 0 aliphatic carbocycles. The first-order valence-corrected chi connectivity index (χ1v) is 6.85. The van der Waals surface area contributed by atoms with E-state index in [1.807, 2.05) is 30.3 Å². The predicted molar refractivity (Wildman–Crippen MR) is 77.0 cm³/mol. The van der Waals surface area contributed by atoms with Gasteiger partial charge in [-0.15, -0.1) is 0 Å².